The van der Waals surface area contributed by atoms with Gasteiger partial charge in [0.1, 0.15) is 5.82 Å². The molecule has 0 aliphatic carbocycles. The molecular formula is C13H20N4O2. The van der Waals surface area contributed by atoms with Crippen LogP contribution < -0.4 is 10.6 Å². The van der Waals surface area contributed by atoms with Crippen molar-refractivity contribution in [3.8, 4) is 0 Å². The third-order valence-electron chi connectivity index (χ3n) is 3.53. The van der Waals surface area contributed by atoms with Gasteiger partial charge in [0, 0.05) is 25.9 Å². The molecule has 1 aromatic rings. The Kier molecular flexibility index (Phi) is 4.57. The van der Waals surface area contributed by atoms with Crippen molar-refractivity contribution in [3.63, 3.8) is 0 Å². The number of rotatable bonds is 4. The van der Waals surface area contributed by atoms with Crippen molar-refractivity contribution in [1.82, 2.24) is 4.98 Å². The Morgan fingerprint density at radius 1 is 1.58 bits per heavy atom. The first-order valence-corrected chi connectivity index (χ1v) is 6.55. The molecular weight excluding hydrogens is 244 g/mol. The lowest BCUT2D eigenvalue weighted by molar-refractivity contribution is 0.244. The van der Waals surface area contributed by atoms with E-state index in [4.69, 9.17) is 16.0 Å². The van der Waals surface area contributed by atoms with E-state index in [9.17, 15) is 0 Å². The molecule has 0 bridgehead atoms. The number of hydrogen-bond acceptors (Lipinski definition) is 5. The number of nitrogens with two attached hydrogens (primary N) is 1. The molecule has 0 spiro atoms. The standard InChI is InChI=1S/C13H20N4O2/c14-12(16-19)11-4-1-6-15-13(11)17-7-2-3-10(9-17)5-8-18/h1,4,6,10,18-19H,2-3,5,7-9H2,(H2,14,16). The summed E-state index contributed by atoms with van der Waals surface area (Å²) in [6.07, 6.45) is 4.71. The van der Waals surface area contributed by atoms with Crippen LogP contribution in [0.15, 0.2) is 23.5 Å². The molecule has 2 rings (SSSR count). The average Bonchev–Trinajstić information content (AvgIpc) is 2.47. The predicted molar refractivity (Wildman–Crippen MR) is 73.4 cm³/mol. The highest BCUT2D eigenvalue weighted by atomic mass is 16.4. The smallest absolute Gasteiger partial charge is 0.173 e. The van der Waals surface area contributed by atoms with Gasteiger partial charge in [0.15, 0.2) is 5.84 Å². The van der Waals surface area contributed by atoms with Gasteiger partial charge in [0.05, 0.1) is 5.56 Å². The van der Waals surface area contributed by atoms with Crippen LogP contribution in [0.1, 0.15) is 24.8 Å². The minimum Gasteiger partial charge on any atom is -0.409 e. The number of nitrogens with zero attached hydrogens (tertiary/aromatic N) is 3. The third-order valence-corrected chi connectivity index (χ3v) is 3.53. The normalized spacial score (nSPS) is 20.6. The van der Waals surface area contributed by atoms with Crippen LogP contribution in [0.4, 0.5) is 5.82 Å². The number of aromatic nitrogens is 1. The van der Waals surface area contributed by atoms with Crippen LogP contribution in [-0.2, 0) is 0 Å². The van der Waals surface area contributed by atoms with Gasteiger partial charge in [-0.1, -0.05) is 5.16 Å². The van der Waals surface area contributed by atoms with Crippen molar-refractivity contribution < 1.29 is 10.3 Å². The molecule has 0 amide bonds. The number of hydrogen-bond donors (Lipinski definition) is 3. The predicted octanol–water partition coefficient (Wildman–Crippen LogP) is 0.775. The van der Waals surface area contributed by atoms with Gasteiger partial charge >= 0.3 is 0 Å². The molecule has 0 aromatic carbocycles. The molecule has 1 fully saturated rings. The van der Waals surface area contributed by atoms with E-state index in [1.807, 2.05) is 0 Å². The van der Waals surface area contributed by atoms with E-state index in [2.05, 4.69) is 15.0 Å². The summed E-state index contributed by atoms with van der Waals surface area (Å²) in [4.78, 5) is 6.51. The van der Waals surface area contributed by atoms with Gasteiger partial charge < -0.3 is 20.9 Å². The summed E-state index contributed by atoms with van der Waals surface area (Å²) in [5.74, 6) is 1.30. The van der Waals surface area contributed by atoms with E-state index in [1.165, 1.54) is 0 Å². The SMILES string of the molecule is N/C(=N/O)c1cccnc1N1CCCC(CCO)C1. The first kappa shape index (κ1) is 13.6. The molecule has 0 saturated carbocycles. The molecule has 4 N–H and O–H groups in total. The first-order valence-electron chi connectivity index (χ1n) is 6.55. The van der Waals surface area contributed by atoms with Crippen molar-refractivity contribution in [2.24, 2.45) is 16.8 Å². The lowest BCUT2D eigenvalue weighted by atomic mass is 9.95. The summed E-state index contributed by atoms with van der Waals surface area (Å²) in [5, 5.41) is 20.9. The van der Waals surface area contributed by atoms with Crippen molar-refractivity contribution in [2.45, 2.75) is 19.3 Å². The Morgan fingerprint density at radius 2 is 2.42 bits per heavy atom. The largest absolute Gasteiger partial charge is 0.409 e. The number of aliphatic hydroxyl groups excluding tert-OH is 1. The second-order valence-corrected chi connectivity index (χ2v) is 4.83. The molecule has 0 radical (unpaired) electrons. The van der Waals surface area contributed by atoms with E-state index < -0.39 is 0 Å². The second-order valence-electron chi connectivity index (χ2n) is 4.83. The van der Waals surface area contributed by atoms with E-state index in [-0.39, 0.29) is 12.4 Å². The number of aliphatic hydroxyl groups is 1. The topological polar surface area (TPSA) is 95.0 Å². The van der Waals surface area contributed by atoms with Crippen LogP contribution in [0, 0.1) is 5.92 Å². The summed E-state index contributed by atoms with van der Waals surface area (Å²) < 4.78 is 0. The second kappa shape index (κ2) is 6.38. The van der Waals surface area contributed by atoms with Crippen LogP contribution in [0.5, 0.6) is 0 Å². The number of piperidine rings is 1. The van der Waals surface area contributed by atoms with Crippen molar-refractivity contribution in [1.29, 1.82) is 0 Å². The zero-order valence-electron chi connectivity index (χ0n) is 10.9. The molecule has 6 nitrogen and oxygen atoms in total. The highest BCUT2D eigenvalue weighted by Crippen LogP contribution is 2.25. The van der Waals surface area contributed by atoms with Gasteiger partial charge in [-0.05, 0) is 37.3 Å². The molecule has 104 valence electrons. The maximum atomic E-state index is 9.05. The molecule has 6 heteroatoms. The van der Waals surface area contributed by atoms with Crippen LogP contribution in [0.2, 0.25) is 0 Å². The van der Waals surface area contributed by atoms with Crippen LogP contribution in [0.3, 0.4) is 0 Å². The lowest BCUT2D eigenvalue weighted by Gasteiger charge is -2.34. The number of pyridine rings is 1. The summed E-state index contributed by atoms with van der Waals surface area (Å²) in [6, 6.07) is 3.57. The van der Waals surface area contributed by atoms with E-state index in [0.29, 0.717) is 11.5 Å². The minimum atomic E-state index is 0.0763. The Balaban J connectivity index is 2.21. The Morgan fingerprint density at radius 3 is 3.16 bits per heavy atom. The Labute approximate surface area is 112 Å². The monoisotopic (exact) mass is 264 g/mol. The van der Waals surface area contributed by atoms with E-state index >= 15 is 0 Å². The zero-order chi connectivity index (χ0) is 13.7. The molecule has 1 saturated heterocycles. The fourth-order valence-corrected chi connectivity index (χ4v) is 2.58. The number of anilines is 1. The summed E-state index contributed by atoms with van der Waals surface area (Å²) in [5.41, 5.74) is 6.34. The van der Waals surface area contributed by atoms with E-state index in [0.717, 1.165) is 38.2 Å². The molecule has 1 atom stereocenters. The Hall–Kier alpha value is -1.82. The third kappa shape index (κ3) is 3.14. The number of amidine groups is 1. The van der Waals surface area contributed by atoms with Crippen molar-refractivity contribution in [3.05, 3.63) is 23.9 Å². The summed E-state index contributed by atoms with van der Waals surface area (Å²) in [6.45, 7) is 1.97. The van der Waals surface area contributed by atoms with Crippen LogP contribution >= 0.6 is 0 Å². The zero-order valence-corrected chi connectivity index (χ0v) is 10.9. The van der Waals surface area contributed by atoms with Gasteiger partial charge in [0.2, 0.25) is 0 Å². The maximum absolute atomic E-state index is 9.05. The molecule has 2 heterocycles. The van der Waals surface area contributed by atoms with Gasteiger partial charge in [-0.3, -0.25) is 0 Å². The summed E-state index contributed by atoms with van der Waals surface area (Å²) >= 11 is 0. The maximum Gasteiger partial charge on any atom is 0.173 e. The van der Waals surface area contributed by atoms with Gasteiger partial charge in [-0.25, -0.2) is 4.98 Å². The Bertz CT molecular complexity index is 448. The van der Waals surface area contributed by atoms with Crippen molar-refractivity contribution in [2.75, 3.05) is 24.6 Å². The van der Waals surface area contributed by atoms with Crippen molar-refractivity contribution >= 4 is 11.7 Å². The first-order chi connectivity index (χ1) is 9.26. The lowest BCUT2D eigenvalue weighted by Crippen LogP contribution is -2.37. The molecule has 1 aliphatic rings. The minimum absolute atomic E-state index is 0.0763. The molecule has 1 aromatic heterocycles. The molecule has 19 heavy (non-hydrogen) atoms. The quantitative estimate of drug-likeness (QED) is 0.323. The summed E-state index contributed by atoms with van der Waals surface area (Å²) in [7, 11) is 0. The van der Waals surface area contributed by atoms with Crippen LogP contribution in [-0.4, -0.2) is 40.8 Å². The fourth-order valence-electron chi connectivity index (χ4n) is 2.58. The van der Waals surface area contributed by atoms with Gasteiger partial charge in [-0.2, -0.15) is 0 Å². The fraction of sp³-hybridized carbons (Fsp3) is 0.538. The highest BCUT2D eigenvalue weighted by Gasteiger charge is 2.23. The van der Waals surface area contributed by atoms with Crippen LogP contribution in [0.25, 0.3) is 0 Å². The number of oxime groups is 1. The molecule has 1 unspecified atom stereocenters. The molecule has 1 aliphatic heterocycles. The van der Waals surface area contributed by atoms with Gasteiger partial charge in [-0.15, -0.1) is 0 Å². The van der Waals surface area contributed by atoms with E-state index in [1.54, 1.807) is 18.3 Å². The average molecular weight is 264 g/mol. The highest BCUT2D eigenvalue weighted by molar-refractivity contribution is 6.01. The van der Waals surface area contributed by atoms with Gasteiger partial charge in [0.25, 0.3) is 0 Å².